The molecular formula is C15H20N2O4. The van der Waals surface area contributed by atoms with Crippen LogP contribution in [0.4, 0.5) is 0 Å². The van der Waals surface area contributed by atoms with Gasteiger partial charge in [0.1, 0.15) is 0 Å². The van der Waals surface area contributed by atoms with E-state index in [9.17, 15) is 14.4 Å². The van der Waals surface area contributed by atoms with E-state index in [-0.39, 0.29) is 18.2 Å². The predicted molar refractivity (Wildman–Crippen MR) is 78.3 cm³/mol. The number of hydrogen-bond donors (Lipinski definition) is 1. The zero-order valence-corrected chi connectivity index (χ0v) is 12.5. The maximum Gasteiger partial charge on any atom is 0.303 e. The summed E-state index contributed by atoms with van der Waals surface area (Å²) in [7, 11) is 4.96. The summed E-state index contributed by atoms with van der Waals surface area (Å²) in [6, 6.07) is 6.43. The first-order chi connectivity index (χ1) is 9.82. The quantitative estimate of drug-likeness (QED) is 0.858. The smallest absolute Gasteiger partial charge is 0.303 e. The van der Waals surface area contributed by atoms with Crippen LogP contribution in [0.25, 0.3) is 0 Å². The van der Waals surface area contributed by atoms with E-state index in [1.165, 1.54) is 9.80 Å². The molecule has 114 valence electrons. The maximum absolute atomic E-state index is 12.1. The largest absolute Gasteiger partial charge is 0.481 e. The molecule has 0 saturated carbocycles. The fourth-order valence-corrected chi connectivity index (χ4v) is 1.80. The molecule has 0 bridgehead atoms. The molecule has 1 N–H and O–H groups in total. The van der Waals surface area contributed by atoms with Crippen LogP contribution in [0.1, 0.15) is 33.6 Å². The van der Waals surface area contributed by atoms with Crippen LogP contribution in [0.2, 0.25) is 0 Å². The molecule has 0 fully saturated rings. The van der Waals surface area contributed by atoms with Crippen LogP contribution in [0, 0.1) is 0 Å². The van der Waals surface area contributed by atoms with Gasteiger partial charge in [-0.25, -0.2) is 0 Å². The van der Waals surface area contributed by atoms with E-state index in [0.29, 0.717) is 24.1 Å². The molecular weight excluding hydrogens is 272 g/mol. The number of carboxylic acids is 1. The number of nitrogens with zero attached hydrogens (tertiary/aromatic N) is 2. The molecule has 0 aliphatic heterocycles. The van der Waals surface area contributed by atoms with Gasteiger partial charge in [-0.05, 0) is 30.7 Å². The molecule has 6 nitrogen and oxygen atoms in total. The van der Waals surface area contributed by atoms with Gasteiger partial charge in [0.05, 0.1) is 0 Å². The summed E-state index contributed by atoms with van der Waals surface area (Å²) in [5.74, 6) is -1.18. The van der Waals surface area contributed by atoms with Crippen LogP contribution in [0.15, 0.2) is 24.3 Å². The first-order valence-corrected chi connectivity index (χ1v) is 6.62. The molecule has 0 saturated heterocycles. The summed E-state index contributed by atoms with van der Waals surface area (Å²) in [5.41, 5.74) is 0.994. The summed E-state index contributed by atoms with van der Waals surface area (Å²) in [5, 5.41) is 8.57. The van der Waals surface area contributed by atoms with Crippen molar-refractivity contribution in [2.75, 3.05) is 27.7 Å². The van der Waals surface area contributed by atoms with Gasteiger partial charge < -0.3 is 14.9 Å². The van der Waals surface area contributed by atoms with E-state index in [4.69, 9.17) is 5.11 Å². The lowest BCUT2D eigenvalue weighted by atomic mass is 10.1. The Morgan fingerprint density at radius 1 is 0.952 bits per heavy atom. The second-order valence-corrected chi connectivity index (χ2v) is 5.00. The average Bonchev–Trinajstić information content (AvgIpc) is 2.45. The van der Waals surface area contributed by atoms with E-state index < -0.39 is 5.97 Å². The van der Waals surface area contributed by atoms with Crippen molar-refractivity contribution in [3.8, 4) is 0 Å². The lowest BCUT2D eigenvalue weighted by molar-refractivity contribution is -0.137. The minimum Gasteiger partial charge on any atom is -0.481 e. The van der Waals surface area contributed by atoms with Crippen LogP contribution in [0.3, 0.4) is 0 Å². The molecule has 0 unspecified atom stereocenters. The number of hydrogen-bond acceptors (Lipinski definition) is 3. The molecule has 2 amide bonds. The first kappa shape index (κ1) is 16.7. The van der Waals surface area contributed by atoms with Gasteiger partial charge in [0.2, 0.25) is 0 Å². The Balaban J connectivity index is 2.66. The fraction of sp³-hybridized carbons (Fsp3) is 0.400. The third-order valence-electron chi connectivity index (χ3n) is 3.02. The summed E-state index contributed by atoms with van der Waals surface area (Å²) >= 11 is 0. The summed E-state index contributed by atoms with van der Waals surface area (Å²) in [6.07, 6.45) is 0.447. The average molecular weight is 292 g/mol. The van der Waals surface area contributed by atoms with Crippen molar-refractivity contribution in [2.45, 2.75) is 12.8 Å². The second kappa shape index (κ2) is 7.42. The Bertz CT molecular complexity index is 523. The van der Waals surface area contributed by atoms with Crippen molar-refractivity contribution in [3.63, 3.8) is 0 Å². The van der Waals surface area contributed by atoms with Gasteiger partial charge in [-0.15, -0.1) is 0 Å². The minimum atomic E-state index is -0.873. The Hall–Kier alpha value is -2.37. The Labute approximate surface area is 124 Å². The van der Waals surface area contributed by atoms with Crippen LogP contribution in [-0.2, 0) is 4.79 Å². The molecule has 21 heavy (non-hydrogen) atoms. The zero-order valence-electron chi connectivity index (χ0n) is 12.5. The fourth-order valence-electron chi connectivity index (χ4n) is 1.80. The number of benzene rings is 1. The SMILES string of the molecule is CN(C)C(=O)c1ccc(C(=O)N(C)CCCC(=O)O)cc1. The first-order valence-electron chi connectivity index (χ1n) is 6.62. The number of rotatable bonds is 6. The van der Waals surface area contributed by atoms with Gasteiger partial charge in [-0.1, -0.05) is 0 Å². The van der Waals surface area contributed by atoms with E-state index in [1.54, 1.807) is 45.4 Å². The standard InChI is InChI=1S/C15H20N2O4/c1-16(2)14(20)11-6-8-12(9-7-11)15(21)17(3)10-4-5-13(18)19/h6-9H,4-5,10H2,1-3H3,(H,18,19). The third kappa shape index (κ3) is 4.91. The van der Waals surface area contributed by atoms with Gasteiger partial charge in [0, 0.05) is 45.2 Å². The van der Waals surface area contributed by atoms with Gasteiger partial charge in [-0.2, -0.15) is 0 Å². The van der Waals surface area contributed by atoms with E-state index in [0.717, 1.165) is 0 Å². The maximum atomic E-state index is 12.1. The molecule has 1 aromatic carbocycles. The van der Waals surface area contributed by atoms with Crippen LogP contribution in [0.5, 0.6) is 0 Å². The second-order valence-electron chi connectivity index (χ2n) is 5.00. The van der Waals surface area contributed by atoms with Crippen molar-refractivity contribution in [1.29, 1.82) is 0 Å². The van der Waals surface area contributed by atoms with E-state index >= 15 is 0 Å². The van der Waals surface area contributed by atoms with Gasteiger partial charge in [0.15, 0.2) is 0 Å². The van der Waals surface area contributed by atoms with Gasteiger partial charge in [0.25, 0.3) is 11.8 Å². The number of amides is 2. The van der Waals surface area contributed by atoms with E-state index in [1.807, 2.05) is 0 Å². The number of carbonyl (C=O) groups is 3. The molecule has 0 aliphatic carbocycles. The monoisotopic (exact) mass is 292 g/mol. The highest BCUT2D eigenvalue weighted by Crippen LogP contribution is 2.09. The molecule has 0 heterocycles. The molecule has 1 aromatic rings. The Kier molecular flexibility index (Phi) is 5.90. The van der Waals surface area contributed by atoms with Crippen LogP contribution < -0.4 is 0 Å². The summed E-state index contributed by atoms with van der Waals surface area (Å²) in [4.78, 5) is 37.2. The Morgan fingerprint density at radius 2 is 1.43 bits per heavy atom. The summed E-state index contributed by atoms with van der Waals surface area (Å²) < 4.78 is 0. The van der Waals surface area contributed by atoms with Gasteiger partial charge in [-0.3, -0.25) is 14.4 Å². The zero-order chi connectivity index (χ0) is 16.0. The lowest BCUT2D eigenvalue weighted by Crippen LogP contribution is -2.28. The summed E-state index contributed by atoms with van der Waals surface area (Å²) in [6.45, 7) is 0.378. The molecule has 0 aromatic heterocycles. The highest BCUT2D eigenvalue weighted by atomic mass is 16.4. The Morgan fingerprint density at radius 3 is 1.86 bits per heavy atom. The van der Waals surface area contributed by atoms with Crippen molar-refractivity contribution in [2.24, 2.45) is 0 Å². The molecule has 6 heteroatoms. The molecule has 0 spiro atoms. The van der Waals surface area contributed by atoms with Crippen molar-refractivity contribution in [3.05, 3.63) is 35.4 Å². The van der Waals surface area contributed by atoms with Crippen molar-refractivity contribution >= 4 is 17.8 Å². The molecule has 0 radical (unpaired) electrons. The van der Waals surface area contributed by atoms with Crippen molar-refractivity contribution < 1.29 is 19.5 Å². The molecule has 0 aliphatic rings. The van der Waals surface area contributed by atoms with Gasteiger partial charge >= 0.3 is 5.97 Å². The molecule has 1 rings (SSSR count). The van der Waals surface area contributed by atoms with E-state index in [2.05, 4.69) is 0 Å². The topological polar surface area (TPSA) is 77.9 Å². The minimum absolute atomic E-state index is 0.0356. The highest BCUT2D eigenvalue weighted by Gasteiger charge is 2.13. The predicted octanol–water partition coefficient (Wildman–Crippen LogP) is 1.33. The third-order valence-corrected chi connectivity index (χ3v) is 3.02. The number of carboxylic acid groups (broad SMARTS) is 1. The normalized spacial score (nSPS) is 10.0. The number of aliphatic carboxylic acids is 1. The van der Waals surface area contributed by atoms with Crippen LogP contribution in [-0.4, -0.2) is 60.4 Å². The molecule has 0 atom stereocenters. The number of carbonyl (C=O) groups excluding carboxylic acids is 2. The highest BCUT2D eigenvalue weighted by molar-refractivity contribution is 5.97. The van der Waals surface area contributed by atoms with Crippen LogP contribution >= 0.6 is 0 Å². The lowest BCUT2D eigenvalue weighted by Gasteiger charge is -2.17. The van der Waals surface area contributed by atoms with Crippen molar-refractivity contribution in [1.82, 2.24) is 9.80 Å².